The van der Waals surface area contributed by atoms with E-state index in [2.05, 4.69) is 15.9 Å². The van der Waals surface area contributed by atoms with Gasteiger partial charge in [-0.1, -0.05) is 39.7 Å². The zero-order valence-corrected chi connectivity index (χ0v) is 12.1. The monoisotopic (exact) mass is 327 g/mol. The van der Waals surface area contributed by atoms with Crippen LogP contribution in [0.4, 0.5) is 4.39 Å². The van der Waals surface area contributed by atoms with Crippen LogP contribution in [-0.2, 0) is 0 Å². The van der Waals surface area contributed by atoms with Crippen LogP contribution in [0.5, 0.6) is 0 Å². The second-order valence-electron chi connectivity index (χ2n) is 4.14. The molecule has 1 atom stereocenters. The SMILES string of the molecule is Cc1ccc(Br)cc1C(N)c1ccc(Cl)cc1F. The average molecular weight is 329 g/mol. The summed E-state index contributed by atoms with van der Waals surface area (Å²) in [6.45, 7) is 1.95. The molecule has 2 rings (SSSR count). The van der Waals surface area contributed by atoms with E-state index in [1.807, 2.05) is 25.1 Å². The van der Waals surface area contributed by atoms with Gasteiger partial charge < -0.3 is 5.73 Å². The Labute approximate surface area is 119 Å². The van der Waals surface area contributed by atoms with Crippen molar-refractivity contribution in [2.45, 2.75) is 13.0 Å². The Morgan fingerprint density at radius 3 is 2.56 bits per heavy atom. The third-order valence-corrected chi connectivity index (χ3v) is 3.60. The predicted molar refractivity (Wildman–Crippen MR) is 76.3 cm³/mol. The van der Waals surface area contributed by atoms with Crippen LogP contribution in [0.1, 0.15) is 22.7 Å². The van der Waals surface area contributed by atoms with Gasteiger partial charge in [-0.2, -0.15) is 0 Å². The Balaban J connectivity index is 2.47. The minimum Gasteiger partial charge on any atom is -0.320 e. The first-order valence-electron chi connectivity index (χ1n) is 5.45. The van der Waals surface area contributed by atoms with E-state index in [-0.39, 0.29) is 5.82 Å². The summed E-state index contributed by atoms with van der Waals surface area (Å²) in [5, 5.41) is 0.370. The molecule has 0 aromatic heterocycles. The van der Waals surface area contributed by atoms with Gasteiger partial charge in [0.15, 0.2) is 0 Å². The van der Waals surface area contributed by atoms with Crippen LogP contribution < -0.4 is 5.73 Å². The van der Waals surface area contributed by atoms with Crippen molar-refractivity contribution in [3.63, 3.8) is 0 Å². The highest BCUT2D eigenvalue weighted by Crippen LogP contribution is 2.28. The summed E-state index contributed by atoms with van der Waals surface area (Å²) in [6.07, 6.45) is 0. The second kappa shape index (κ2) is 5.39. The topological polar surface area (TPSA) is 26.0 Å². The zero-order valence-electron chi connectivity index (χ0n) is 9.75. The maximum absolute atomic E-state index is 13.8. The molecule has 0 amide bonds. The molecule has 94 valence electrons. The number of nitrogens with two attached hydrogens (primary N) is 1. The molecule has 0 aliphatic heterocycles. The molecule has 2 aromatic carbocycles. The van der Waals surface area contributed by atoms with Gasteiger partial charge in [0, 0.05) is 15.1 Å². The van der Waals surface area contributed by atoms with E-state index in [9.17, 15) is 4.39 Å². The first kappa shape index (κ1) is 13.5. The number of hydrogen-bond acceptors (Lipinski definition) is 1. The van der Waals surface area contributed by atoms with Gasteiger partial charge in [-0.3, -0.25) is 0 Å². The Morgan fingerprint density at radius 2 is 1.89 bits per heavy atom. The summed E-state index contributed by atoms with van der Waals surface area (Å²) >= 11 is 9.13. The van der Waals surface area contributed by atoms with Gasteiger partial charge in [-0.05, 0) is 42.3 Å². The molecule has 1 nitrogen and oxygen atoms in total. The standard InChI is InChI=1S/C14H12BrClFN/c1-8-2-3-9(15)6-12(8)14(18)11-5-4-10(16)7-13(11)17/h2-7,14H,18H2,1H3. The van der Waals surface area contributed by atoms with Gasteiger partial charge in [-0.25, -0.2) is 4.39 Å². The Bertz CT molecular complexity index is 586. The van der Waals surface area contributed by atoms with Crippen molar-refractivity contribution in [3.05, 3.63) is 68.4 Å². The maximum Gasteiger partial charge on any atom is 0.129 e. The fraction of sp³-hybridized carbons (Fsp3) is 0.143. The second-order valence-corrected chi connectivity index (χ2v) is 5.50. The lowest BCUT2D eigenvalue weighted by atomic mass is 9.95. The lowest BCUT2D eigenvalue weighted by Crippen LogP contribution is -2.15. The number of aryl methyl sites for hydroxylation is 1. The van der Waals surface area contributed by atoms with Gasteiger partial charge >= 0.3 is 0 Å². The molecule has 0 fully saturated rings. The van der Waals surface area contributed by atoms with Crippen LogP contribution in [0.2, 0.25) is 5.02 Å². The van der Waals surface area contributed by atoms with Crippen molar-refractivity contribution < 1.29 is 4.39 Å². The molecule has 0 aliphatic rings. The summed E-state index contributed by atoms with van der Waals surface area (Å²) in [4.78, 5) is 0. The van der Waals surface area contributed by atoms with Gasteiger partial charge in [0.25, 0.3) is 0 Å². The van der Waals surface area contributed by atoms with E-state index in [0.29, 0.717) is 10.6 Å². The summed E-state index contributed by atoms with van der Waals surface area (Å²) in [5.41, 5.74) is 8.50. The molecule has 1 unspecified atom stereocenters. The Kier molecular flexibility index (Phi) is 4.05. The van der Waals surface area contributed by atoms with Crippen molar-refractivity contribution in [2.24, 2.45) is 5.73 Å². The summed E-state index contributed by atoms with van der Waals surface area (Å²) < 4.78 is 14.8. The van der Waals surface area contributed by atoms with Crippen LogP contribution >= 0.6 is 27.5 Å². The minimum absolute atomic E-state index is 0.370. The molecule has 2 aromatic rings. The molecule has 2 N–H and O–H groups in total. The molecule has 0 bridgehead atoms. The van der Waals surface area contributed by atoms with Gasteiger partial charge in [0.05, 0.1) is 6.04 Å². The van der Waals surface area contributed by atoms with E-state index < -0.39 is 6.04 Å². The van der Waals surface area contributed by atoms with Crippen molar-refractivity contribution in [1.82, 2.24) is 0 Å². The highest BCUT2D eigenvalue weighted by atomic mass is 79.9. The lowest BCUT2D eigenvalue weighted by Gasteiger charge is -2.16. The van der Waals surface area contributed by atoms with Crippen LogP contribution in [0.15, 0.2) is 40.9 Å². The summed E-state index contributed by atoms with van der Waals surface area (Å²) in [7, 11) is 0. The molecular weight excluding hydrogens is 317 g/mol. The van der Waals surface area contributed by atoms with E-state index in [4.69, 9.17) is 17.3 Å². The average Bonchev–Trinajstić information content (AvgIpc) is 2.31. The third kappa shape index (κ3) is 2.74. The van der Waals surface area contributed by atoms with Crippen molar-refractivity contribution in [3.8, 4) is 0 Å². The summed E-state index contributed by atoms with van der Waals surface area (Å²) in [5.74, 6) is -0.380. The zero-order chi connectivity index (χ0) is 13.3. The maximum atomic E-state index is 13.8. The largest absolute Gasteiger partial charge is 0.320 e. The van der Waals surface area contributed by atoms with Crippen LogP contribution in [0.3, 0.4) is 0 Å². The quantitative estimate of drug-likeness (QED) is 0.856. The van der Waals surface area contributed by atoms with E-state index in [1.54, 1.807) is 12.1 Å². The van der Waals surface area contributed by atoms with E-state index in [1.165, 1.54) is 6.07 Å². The van der Waals surface area contributed by atoms with Gasteiger partial charge in [-0.15, -0.1) is 0 Å². The number of hydrogen-bond donors (Lipinski definition) is 1. The third-order valence-electron chi connectivity index (χ3n) is 2.87. The molecular formula is C14H12BrClFN. The minimum atomic E-state index is -0.500. The molecule has 0 saturated heterocycles. The highest BCUT2D eigenvalue weighted by Gasteiger charge is 2.16. The molecule has 0 radical (unpaired) electrons. The van der Waals surface area contributed by atoms with Crippen molar-refractivity contribution >= 4 is 27.5 Å². The Morgan fingerprint density at radius 1 is 1.17 bits per heavy atom. The molecule has 0 aliphatic carbocycles. The first-order chi connectivity index (χ1) is 8.49. The lowest BCUT2D eigenvalue weighted by molar-refractivity contribution is 0.599. The number of halogens is 3. The van der Waals surface area contributed by atoms with E-state index in [0.717, 1.165) is 15.6 Å². The molecule has 0 saturated carbocycles. The number of benzene rings is 2. The van der Waals surface area contributed by atoms with Crippen LogP contribution in [-0.4, -0.2) is 0 Å². The number of rotatable bonds is 2. The van der Waals surface area contributed by atoms with Crippen LogP contribution in [0, 0.1) is 12.7 Å². The molecule has 4 heteroatoms. The van der Waals surface area contributed by atoms with Crippen molar-refractivity contribution in [1.29, 1.82) is 0 Å². The van der Waals surface area contributed by atoms with Gasteiger partial charge in [0.2, 0.25) is 0 Å². The smallest absolute Gasteiger partial charge is 0.129 e. The van der Waals surface area contributed by atoms with Gasteiger partial charge in [0.1, 0.15) is 5.82 Å². The first-order valence-corrected chi connectivity index (χ1v) is 6.62. The molecule has 0 spiro atoms. The fourth-order valence-electron chi connectivity index (χ4n) is 1.87. The predicted octanol–water partition coefficient (Wildman–Crippen LogP) is 4.60. The van der Waals surface area contributed by atoms with Crippen LogP contribution in [0.25, 0.3) is 0 Å². The van der Waals surface area contributed by atoms with E-state index >= 15 is 0 Å². The molecule has 0 heterocycles. The van der Waals surface area contributed by atoms with Crippen molar-refractivity contribution in [2.75, 3.05) is 0 Å². The fourth-order valence-corrected chi connectivity index (χ4v) is 2.41. The highest BCUT2D eigenvalue weighted by molar-refractivity contribution is 9.10. The Hall–Kier alpha value is -0.900. The molecule has 18 heavy (non-hydrogen) atoms. The normalized spacial score (nSPS) is 12.5. The summed E-state index contributed by atoms with van der Waals surface area (Å²) in [6, 6.07) is 9.85.